The number of carbonyl (C=O) groups excluding carboxylic acids is 2. The molecular formula is C16H25N3O2. The molecule has 116 valence electrons. The van der Waals surface area contributed by atoms with Crippen molar-refractivity contribution < 1.29 is 9.59 Å². The molecule has 0 aliphatic carbocycles. The van der Waals surface area contributed by atoms with Gasteiger partial charge in [-0.15, -0.1) is 0 Å². The maximum absolute atomic E-state index is 11.7. The largest absolute Gasteiger partial charge is 0.355 e. The monoisotopic (exact) mass is 291 g/mol. The standard InChI is InChI=1S/C16H25N3O2/c1-12-5-7-14(8-6-12)16(3,4)11-19-15(21)18-10-9-17-13(2)20/h5-8H,9-11H2,1-4H3,(H,17,20)(H2,18,19,21). The van der Waals surface area contributed by atoms with Crippen molar-refractivity contribution in [3.8, 4) is 0 Å². The summed E-state index contributed by atoms with van der Waals surface area (Å²) in [5.41, 5.74) is 2.27. The Morgan fingerprint density at radius 3 is 2.14 bits per heavy atom. The molecule has 1 rings (SSSR count). The maximum atomic E-state index is 11.7. The lowest BCUT2D eigenvalue weighted by atomic mass is 9.84. The summed E-state index contributed by atoms with van der Waals surface area (Å²) in [6.07, 6.45) is 0. The van der Waals surface area contributed by atoms with E-state index in [0.29, 0.717) is 19.6 Å². The van der Waals surface area contributed by atoms with Crippen LogP contribution in [0.5, 0.6) is 0 Å². The third-order valence-electron chi connectivity index (χ3n) is 3.31. The summed E-state index contributed by atoms with van der Waals surface area (Å²) in [5.74, 6) is -0.0993. The molecule has 0 aliphatic rings. The van der Waals surface area contributed by atoms with Crippen LogP contribution in [-0.2, 0) is 10.2 Å². The highest BCUT2D eigenvalue weighted by Gasteiger charge is 2.21. The molecule has 0 radical (unpaired) electrons. The Morgan fingerprint density at radius 1 is 1.00 bits per heavy atom. The smallest absolute Gasteiger partial charge is 0.314 e. The Kier molecular flexibility index (Phi) is 6.21. The van der Waals surface area contributed by atoms with Gasteiger partial charge in [-0.3, -0.25) is 4.79 Å². The molecule has 0 fully saturated rings. The van der Waals surface area contributed by atoms with E-state index in [1.807, 2.05) is 0 Å². The Bertz CT molecular complexity index is 481. The first kappa shape index (κ1) is 17.0. The summed E-state index contributed by atoms with van der Waals surface area (Å²) in [5, 5.41) is 8.19. The Hall–Kier alpha value is -2.04. The molecule has 3 N–H and O–H groups in total. The molecule has 0 aromatic heterocycles. The number of nitrogens with one attached hydrogen (secondary N) is 3. The zero-order valence-corrected chi connectivity index (χ0v) is 13.2. The first-order valence-electron chi connectivity index (χ1n) is 7.14. The topological polar surface area (TPSA) is 70.2 Å². The van der Waals surface area contributed by atoms with Crippen LogP contribution in [0.1, 0.15) is 31.9 Å². The summed E-state index contributed by atoms with van der Waals surface area (Å²) in [4.78, 5) is 22.4. The number of hydrogen-bond acceptors (Lipinski definition) is 2. The van der Waals surface area contributed by atoms with Gasteiger partial charge in [0.05, 0.1) is 0 Å². The predicted molar refractivity (Wildman–Crippen MR) is 84.3 cm³/mol. The van der Waals surface area contributed by atoms with E-state index in [1.54, 1.807) is 0 Å². The van der Waals surface area contributed by atoms with Crippen LogP contribution in [0, 0.1) is 6.92 Å². The van der Waals surface area contributed by atoms with Crippen LogP contribution in [0.25, 0.3) is 0 Å². The number of amides is 3. The van der Waals surface area contributed by atoms with Gasteiger partial charge in [0.2, 0.25) is 5.91 Å². The average molecular weight is 291 g/mol. The second-order valence-corrected chi connectivity index (χ2v) is 5.84. The molecule has 0 saturated heterocycles. The fourth-order valence-corrected chi connectivity index (χ4v) is 1.89. The van der Waals surface area contributed by atoms with E-state index in [0.717, 1.165) is 0 Å². The van der Waals surface area contributed by atoms with E-state index < -0.39 is 0 Å². The van der Waals surface area contributed by atoms with Crippen molar-refractivity contribution in [1.82, 2.24) is 16.0 Å². The van der Waals surface area contributed by atoms with Gasteiger partial charge in [-0.05, 0) is 12.5 Å². The van der Waals surface area contributed by atoms with E-state index in [4.69, 9.17) is 0 Å². The molecule has 0 spiro atoms. The van der Waals surface area contributed by atoms with Crippen molar-refractivity contribution in [2.75, 3.05) is 19.6 Å². The fraction of sp³-hybridized carbons (Fsp3) is 0.500. The van der Waals surface area contributed by atoms with Crippen molar-refractivity contribution in [1.29, 1.82) is 0 Å². The van der Waals surface area contributed by atoms with E-state index in [9.17, 15) is 9.59 Å². The Balaban J connectivity index is 2.37. The second-order valence-electron chi connectivity index (χ2n) is 5.84. The van der Waals surface area contributed by atoms with Crippen molar-refractivity contribution in [2.45, 2.75) is 33.1 Å². The number of rotatable bonds is 6. The Morgan fingerprint density at radius 2 is 1.57 bits per heavy atom. The van der Waals surface area contributed by atoms with Gasteiger partial charge < -0.3 is 16.0 Å². The van der Waals surface area contributed by atoms with Gasteiger partial charge in [-0.1, -0.05) is 43.7 Å². The van der Waals surface area contributed by atoms with Crippen LogP contribution < -0.4 is 16.0 Å². The SMILES string of the molecule is CC(=O)NCCNC(=O)NCC(C)(C)c1ccc(C)cc1. The third-order valence-corrected chi connectivity index (χ3v) is 3.31. The highest BCUT2D eigenvalue weighted by atomic mass is 16.2. The molecule has 0 aliphatic heterocycles. The van der Waals surface area contributed by atoms with Crippen molar-refractivity contribution >= 4 is 11.9 Å². The molecule has 0 heterocycles. The predicted octanol–water partition coefficient (Wildman–Crippen LogP) is 1.71. The highest BCUT2D eigenvalue weighted by molar-refractivity contribution is 5.74. The van der Waals surface area contributed by atoms with Crippen molar-refractivity contribution in [3.63, 3.8) is 0 Å². The van der Waals surface area contributed by atoms with Gasteiger partial charge in [0, 0.05) is 32.0 Å². The molecule has 1 aromatic carbocycles. The van der Waals surface area contributed by atoms with E-state index in [-0.39, 0.29) is 17.4 Å². The molecule has 0 saturated carbocycles. The third kappa shape index (κ3) is 6.29. The average Bonchev–Trinajstić information content (AvgIpc) is 2.42. The summed E-state index contributed by atoms with van der Waals surface area (Å²) in [6, 6.07) is 8.10. The number of carbonyl (C=O) groups is 2. The van der Waals surface area contributed by atoms with Gasteiger partial charge in [0.15, 0.2) is 0 Å². The molecule has 0 bridgehead atoms. The molecular weight excluding hydrogens is 266 g/mol. The van der Waals surface area contributed by atoms with Gasteiger partial charge in [0.1, 0.15) is 0 Å². The van der Waals surface area contributed by atoms with Crippen molar-refractivity contribution in [2.24, 2.45) is 0 Å². The first-order valence-corrected chi connectivity index (χ1v) is 7.14. The summed E-state index contributed by atoms with van der Waals surface area (Å²) < 4.78 is 0. The zero-order chi connectivity index (χ0) is 15.9. The lowest BCUT2D eigenvalue weighted by Crippen LogP contribution is -2.44. The second kappa shape index (κ2) is 7.67. The van der Waals surface area contributed by atoms with Crippen molar-refractivity contribution in [3.05, 3.63) is 35.4 Å². The zero-order valence-electron chi connectivity index (χ0n) is 13.2. The van der Waals surface area contributed by atoms with Crippen LogP contribution in [0.4, 0.5) is 4.79 Å². The number of benzene rings is 1. The minimum atomic E-state index is -0.222. The summed E-state index contributed by atoms with van der Waals surface area (Å²) >= 11 is 0. The number of urea groups is 1. The van der Waals surface area contributed by atoms with Crippen LogP contribution in [0.3, 0.4) is 0 Å². The van der Waals surface area contributed by atoms with Gasteiger partial charge in [-0.25, -0.2) is 4.79 Å². The van der Waals surface area contributed by atoms with E-state index in [1.165, 1.54) is 18.1 Å². The van der Waals surface area contributed by atoms with Gasteiger partial charge in [-0.2, -0.15) is 0 Å². The van der Waals surface area contributed by atoms with Gasteiger partial charge in [0.25, 0.3) is 0 Å². The van der Waals surface area contributed by atoms with E-state index in [2.05, 4.69) is 61.0 Å². The van der Waals surface area contributed by atoms with Crippen LogP contribution >= 0.6 is 0 Å². The van der Waals surface area contributed by atoms with Gasteiger partial charge >= 0.3 is 6.03 Å². The fourth-order valence-electron chi connectivity index (χ4n) is 1.89. The first-order chi connectivity index (χ1) is 9.81. The number of hydrogen-bond donors (Lipinski definition) is 3. The molecule has 5 heteroatoms. The maximum Gasteiger partial charge on any atom is 0.314 e. The lowest BCUT2D eigenvalue weighted by Gasteiger charge is -2.26. The normalized spacial score (nSPS) is 10.9. The van der Waals surface area contributed by atoms with Crippen LogP contribution in [0.15, 0.2) is 24.3 Å². The summed E-state index contributed by atoms with van der Waals surface area (Å²) in [6.45, 7) is 9.08. The minimum Gasteiger partial charge on any atom is -0.355 e. The van der Waals surface area contributed by atoms with E-state index >= 15 is 0 Å². The molecule has 1 aromatic rings. The minimum absolute atomic E-state index is 0.0993. The van der Waals surface area contributed by atoms with Crippen LogP contribution in [0.2, 0.25) is 0 Å². The summed E-state index contributed by atoms with van der Waals surface area (Å²) in [7, 11) is 0. The molecule has 5 nitrogen and oxygen atoms in total. The van der Waals surface area contributed by atoms with Crippen LogP contribution in [-0.4, -0.2) is 31.6 Å². The molecule has 21 heavy (non-hydrogen) atoms. The number of aryl methyl sites for hydroxylation is 1. The molecule has 0 unspecified atom stereocenters. The molecule has 0 atom stereocenters. The highest BCUT2D eigenvalue weighted by Crippen LogP contribution is 2.22. The molecule has 3 amide bonds. The lowest BCUT2D eigenvalue weighted by molar-refractivity contribution is -0.118. The quantitative estimate of drug-likeness (QED) is 0.698. The Labute approximate surface area is 126 Å².